The van der Waals surface area contributed by atoms with Crippen LogP contribution in [0.2, 0.25) is 0 Å². The number of benzene rings is 3. The van der Waals surface area contributed by atoms with Crippen molar-refractivity contribution in [1.82, 2.24) is 5.43 Å². The zero-order chi connectivity index (χ0) is 21.5. The van der Waals surface area contributed by atoms with Crippen molar-refractivity contribution in [3.63, 3.8) is 0 Å². The molecule has 0 saturated carbocycles. The number of carbonyl (C=O) groups is 2. The number of nitrogens with zero attached hydrogens (tertiary/aromatic N) is 1. The number of carbonyl (C=O) groups excluding carboxylic acids is 2. The Hall–Kier alpha value is -3.45. The fraction of sp³-hybridized carbons (Fsp3) is 0.0870. The Morgan fingerprint density at radius 1 is 1.00 bits per heavy atom. The van der Waals surface area contributed by atoms with E-state index in [1.165, 1.54) is 6.21 Å². The summed E-state index contributed by atoms with van der Waals surface area (Å²) in [6.07, 6.45) is 1.42. The Balaban J connectivity index is 1.72. The lowest BCUT2D eigenvalue weighted by molar-refractivity contribution is 0.0734. The van der Waals surface area contributed by atoms with Gasteiger partial charge in [0.2, 0.25) is 0 Å². The summed E-state index contributed by atoms with van der Waals surface area (Å²) in [6, 6.07) is 18.9. The fourth-order valence-corrected chi connectivity index (χ4v) is 2.99. The van der Waals surface area contributed by atoms with Crippen molar-refractivity contribution in [2.24, 2.45) is 5.10 Å². The molecule has 3 aromatic rings. The molecule has 0 aliphatic carbocycles. The van der Waals surface area contributed by atoms with Crippen LogP contribution in [0.3, 0.4) is 0 Å². The van der Waals surface area contributed by atoms with Gasteiger partial charge in [-0.3, -0.25) is 4.79 Å². The minimum absolute atomic E-state index is 0.326. The molecule has 3 rings (SSSR count). The molecule has 1 amide bonds. The van der Waals surface area contributed by atoms with Crippen LogP contribution in [0.4, 0.5) is 0 Å². The van der Waals surface area contributed by atoms with E-state index < -0.39 is 5.97 Å². The Bertz CT molecular complexity index is 1090. The molecule has 0 fully saturated rings. The molecule has 0 bridgehead atoms. The van der Waals surface area contributed by atoms with E-state index >= 15 is 0 Å². The van der Waals surface area contributed by atoms with Crippen LogP contribution in [0.15, 0.2) is 76.3 Å². The van der Waals surface area contributed by atoms with Gasteiger partial charge in [-0.05, 0) is 61.5 Å². The van der Waals surface area contributed by atoms with E-state index in [0.29, 0.717) is 28.2 Å². The Kier molecular flexibility index (Phi) is 6.98. The Morgan fingerprint density at radius 3 is 2.47 bits per heavy atom. The quantitative estimate of drug-likeness (QED) is 0.246. The predicted octanol–water partition coefficient (Wildman–Crippen LogP) is 4.75. The van der Waals surface area contributed by atoms with Crippen LogP contribution in [0.5, 0.6) is 11.5 Å². The molecule has 0 aliphatic heterocycles. The maximum Gasteiger partial charge on any atom is 0.343 e. The molecule has 0 spiro atoms. The molecule has 1 N–H and O–H groups in total. The van der Waals surface area contributed by atoms with E-state index in [1.54, 1.807) is 67.8 Å². The van der Waals surface area contributed by atoms with Gasteiger partial charge in [0.15, 0.2) is 0 Å². The predicted molar refractivity (Wildman–Crippen MR) is 118 cm³/mol. The molecular formula is C23H19BrN2O4. The third kappa shape index (κ3) is 5.55. The minimum Gasteiger partial charge on any atom is -0.497 e. The number of ether oxygens (including phenoxy) is 2. The van der Waals surface area contributed by atoms with Crippen LogP contribution >= 0.6 is 15.9 Å². The molecule has 6 nitrogen and oxygen atoms in total. The number of hydrazone groups is 1. The van der Waals surface area contributed by atoms with Crippen LogP contribution in [0, 0.1) is 6.92 Å². The zero-order valence-electron chi connectivity index (χ0n) is 16.4. The summed E-state index contributed by atoms with van der Waals surface area (Å²) in [6.45, 7) is 1.90. The standard InChI is InChI=1S/C23H19BrN2O4/c1-15-4-3-5-17(12-15)23(28)30-21-11-8-19(24)13-18(21)14-25-26-22(27)16-6-9-20(29-2)10-7-16/h3-14H,1-2H3,(H,26,27)/b25-14+. The smallest absolute Gasteiger partial charge is 0.343 e. The average molecular weight is 467 g/mol. The van der Waals surface area contributed by atoms with Crippen molar-refractivity contribution in [2.75, 3.05) is 7.11 Å². The van der Waals surface area contributed by atoms with Crippen LogP contribution in [-0.4, -0.2) is 25.2 Å². The summed E-state index contributed by atoms with van der Waals surface area (Å²) in [5, 5.41) is 3.99. The van der Waals surface area contributed by atoms with E-state index in [9.17, 15) is 9.59 Å². The molecular weight excluding hydrogens is 448 g/mol. The largest absolute Gasteiger partial charge is 0.497 e. The first-order chi connectivity index (χ1) is 14.5. The number of hydrogen-bond acceptors (Lipinski definition) is 5. The number of nitrogens with one attached hydrogen (secondary N) is 1. The second kappa shape index (κ2) is 9.84. The summed E-state index contributed by atoms with van der Waals surface area (Å²) in [4.78, 5) is 24.7. The number of esters is 1. The first kappa shape index (κ1) is 21.3. The van der Waals surface area contributed by atoms with E-state index in [-0.39, 0.29) is 5.91 Å². The maximum atomic E-state index is 12.5. The van der Waals surface area contributed by atoms with Gasteiger partial charge in [-0.2, -0.15) is 5.10 Å². The van der Waals surface area contributed by atoms with Gasteiger partial charge in [0.1, 0.15) is 11.5 Å². The van der Waals surface area contributed by atoms with Gasteiger partial charge in [0, 0.05) is 15.6 Å². The fourth-order valence-electron chi connectivity index (χ4n) is 2.61. The van der Waals surface area contributed by atoms with Crippen LogP contribution < -0.4 is 14.9 Å². The number of halogens is 1. The normalized spacial score (nSPS) is 10.6. The highest BCUT2D eigenvalue weighted by molar-refractivity contribution is 9.10. The number of hydrogen-bond donors (Lipinski definition) is 1. The summed E-state index contributed by atoms with van der Waals surface area (Å²) >= 11 is 3.39. The van der Waals surface area contributed by atoms with E-state index in [0.717, 1.165) is 10.0 Å². The van der Waals surface area contributed by atoms with Crippen molar-refractivity contribution in [3.8, 4) is 11.5 Å². The molecule has 0 radical (unpaired) electrons. The van der Waals surface area contributed by atoms with Crippen LogP contribution in [-0.2, 0) is 0 Å². The van der Waals surface area contributed by atoms with Crippen molar-refractivity contribution in [2.45, 2.75) is 6.92 Å². The van der Waals surface area contributed by atoms with Gasteiger partial charge in [-0.25, -0.2) is 10.2 Å². The van der Waals surface area contributed by atoms with Crippen LogP contribution in [0.1, 0.15) is 31.8 Å². The monoisotopic (exact) mass is 466 g/mol. The zero-order valence-corrected chi connectivity index (χ0v) is 18.0. The molecule has 0 unspecified atom stereocenters. The lowest BCUT2D eigenvalue weighted by Gasteiger charge is -2.08. The first-order valence-electron chi connectivity index (χ1n) is 9.02. The number of amides is 1. The summed E-state index contributed by atoms with van der Waals surface area (Å²) < 4.78 is 11.4. The topological polar surface area (TPSA) is 77.0 Å². The molecule has 0 saturated heterocycles. The molecule has 7 heteroatoms. The van der Waals surface area contributed by atoms with E-state index in [1.807, 2.05) is 13.0 Å². The minimum atomic E-state index is -0.474. The SMILES string of the molecule is COc1ccc(C(=O)N/N=C/c2cc(Br)ccc2OC(=O)c2cccc(C)c2)cc1. The molecule has 152 valence electrons. The van der Waals surface area contributed by atoms with Crippen molar-refractivity contribution in [1.29, 1.82) is 0 Å². The number of rotatable bonds is 6. The summed E-state index contributed by atoms with van der Waals surface area (Å²) in [5.74, 6) is 0.136. The van der Waals surface area contributed by atoms with E-state index in [4.69, 9.17) is 9.47 Å². The molecule has 3 aromatic carbocycles. The Morgan fingerprint density at radius 2 is 1.77 bits per heavy atom. The second-order valence-electron chi connectivity index (χ2n) is 6.37. The van der Waals surface area contributed by atoms with Crippen LogP contribution in [0.25, 0.3) is 0 Å². The van der Waals surface area contributed by atoms with Gasteiger partial charge >= 0.3 is 5.97 Å². The highest BCUT2D eigenvalue weighted by atomic mass is 79.9. The third-order valence-electron chi connectivity index (χ3n) is 4.15. The molecule has 0 aliphatic rings. The summed E-state index contributed by atoms with van der Waals surface area (Å²) in [7, 11) is 1.56. The molecule has 0 atom stereocenters. The highest BCUT2D eigenvalue weighted by Gasteiger charge is 2.12. The van der Waals surface area contributed by atoms with Gasteiger partial charge in [0.25, 0.3) is 5.91 Å². The maximum absolute atomic E-state index is 12.5. The summed E-state index contributed by atoms with van der Waals surface area (Å²) in [5.41, 5.74) is 4.84. The number of aryl methyl sites for hydroxylation is 1. The molecule has 30 heavy (non-hydrogen) atoms. The highest BCUT2D eigenvalue weighted by Crippen LogP contribution is 2.23. The van der Waals surface area contributed by atoms with Gasteiger partial charge in [0.05, 0.1) is 18.9 Å². The lowest BCUT2D eigenvalue weighted by atomic mass is 10.1. The Labute approximate surface area is 182 Å². The molecule has 0 aromatic heterocycles. The lowest BCUT2D eigenvalue weighted by Crippen LogP contribution is -2.17. The third-order valence-corrected chi connectivity index (χ3v) is 4.64. The van der Waals surface area contributed by atoms with Crippen molar-refractivity contribution >= 4 is 34.0 Å². The van der Waals surface area contributed by atoms with Gasteiger partial charge in [-0.1, -0.05) is 33.6 Å². The van der Waals surface area contributed by atoms with Gasteiger partial charge < -0.3 is 9.47 Å². The first-order valence-corrected chi connectivity index (χ1v) is 9.81. The van der Waals surface area contributed by atoms with Crippen molar-refractivity contribution < 1.29 is 19.1 Å². The average Bonchev–Trinajstić information content (AvgIpc) is 2.75. The second-order valence-corrected chi connectivity index (χ2v) is 7.28. The molecule has 0 heterocycles. The van der Waals surface area contributed by atoms with E-state index in [2.05, 4.69) is 26.5 Å². The number of methoxy groups -OCH3 is 1. The van der Waals surface area contributed by atoms with Crippen molar-refractivity contribution in [3.05, 3.63) is 93.5 Å². The van der Waals surface area contributed by atoms with Gasteiger partial charge in [-0.15, -0.1) is 0 Å².